The second-order valence-corrected chi connectivity index (χ2v) is 9.39. The molecule has 2 N–H and O–H groups in total. The maximum absolute atomic E-state index is 13.4. The Hall–Kier alpha value is -3.88. The molecule has 1 atom stereocenters. The van der Waals surface area contributed by atoms with Gasteiger partial charge in [0.1, 0.15) is 5.70 Å². The van der Waals surface area contributed by atoms with Gasteiger partial charge in [-0.05, 0) is 23.3 Å². The number of hydrogen-bond acceptors (Lipinski definition) is 6. The van der Waals surface area contributed by atoms with E-state index < -0.39 is 6.17 Å². The first-order valence-corrected chi connectivity index (χ1v) is 12.4. The first-order valence-electron chi connectivity index (χ1n) is 11.0. The van der Waals surface area contributed by atoms with E-state index in [4.69, 9.17) is 21.7 Å². The predicted octanol–water partition coefficient (Wildman–Crippen LogP) is 3.81. The van der Waals surface area contributed by atoms with E-state index in [-0.39, 0.29) is 5.91 Å². The molecule has 3 heterocycles. The highest BCUT2D eigenvalue weighted by atomic mass is 35.5. The number of aromatic amines is 1. The number of hydrogen-bond donors (Lipinski definition) is 2. The van der Waals surface area contributed by atoms with E-state index in [2.05, 4.69) is 15.5 Å². The summed E-state index contributed by atoms with van der Waals surface area (Å²) in [5.74, 6) is 0.347. The molecule has 4 aromatic rings. The highest BCUT2D eigenvalue weighted by Gasteiger charge is 2.36. The van der Waals surface area contributed by atoms with Crippen molar-refractivity contribution in [3.8, 4) is 11.3 Å². The smallest absolute Gasteiger partial charge is 0.276 e. The van der Waals surface area contributed by atoms with E-state index in [9.17, 15) is 4.79 Å². The van der Waals surface area contributed by atoms with Crippen LogP contribution < -0.4 is 15.9 Å². The van der Waals surface area contributed by atoms with Crippen LogP contribution in [0.1, 0.15) is 17.3 Å². The van der Waals surface area contributed by atoms with Crippen LogP contribution in [0.3, 0.4) is 0 Å². The third-order valence-corrected chi connectivity index (χ3v) is 7.13. The number of amides is 1. The summed E-state index contributed by atoms with van der Waals surface area (Å²) in [5, 5.41) is 19.5. The van der Waals surface area contributed by atoms with Gasteiger partial charge >= 0.3 is 0 Å². The fourth-order valence-electron chi connectivity index (χ4n) is 4.18. The summed E-state index contributed by atoms with van der Waals surface area (Å²) in [4.78, 5) is 18.4. The van der Waals surface area contributed by atoms with Crippen molar-refractivity contribution in [3.63, 3.8) is 0 Å². The van der Waals surface area contributed by atoms with Crippen molar-refractivity contribution < 1.29 is 4.79 Å². The molecule has 1 aromatic heterocycles. The molecular weight excluding hydrogens is 480 g/mol. The largest absolute Gasteiger partial charge is 0.298 e. The number of nitrogens with one attached hydrogen (secondary N) is 2. The van der Waals surface area contributed by atoms with Gasteiger partial charge in [0.2, 0.25) is 0 Å². The molecule has 0 fully saturated rings. The molecule has 1 amide bonds. The Morgan fingerprint density at radius 2 is 1.74 bits per heavy atom. The Morgan fingerprint density at radius 1 is 0.971 bits per heavy atom. The maximum atomic E-state index is 13.4. The highest BCUT2D eigenvalue weighted by Crippen LogP contribution is 2.35. The van der Waals surface area contributed by atoms with Crippen LogP contribution in [0, 0.1) is 0 Å². The summed E-state index contributed by atoms with van der Waals surface area (Å²) in [6.45, 7) is 0. The van der Waals surface area contributed by atoms with Gasteiger partial charge in [-0.15, -0.1) is 5.10 Å². The second-order valence-electron chi connectivity index (χ2n) is 8.02. The van der Waals surface area contributed by atoms with Crippen LogP contribution in [0.15, 0.2) is 95.2 Å². The molecule has 0 spiro atoms. The van der Waals surface area contributed by atoms with Crippen molar-refractivity contribution in [2.75, 3.05) is 0 Å². The summed E-state index contributed by atoms with van der Waals surface area (Å²) < 4.78 is 0. The lowest BCUT2D eigenvalue weighted by atomic mass is 10.0. The summed E-state index contributed by atoms with van der Waals surface area (Å²) in [6, 6.07) is 25.2. The van der Waals surface area contributed by atoms with Gasteiger partial charge in [-0.25, -0.2) is 5.01 Å². The van der Waals surface area contributed by atoms with E-state index in [1.165, 1.54) is 11.8 Å². The summed E-state index contributed by atoms with van der Waals surface area (Å²) in [7, 11) is 0. The Balaban J connectivity index is 1.44. The lowest BCUT2D eigenvalue weighted by molar-refractivity contribution is -0.116. The van der Waals surface area contributed by atoms with Crippen molar-refractivity contribution in [2.45, 2.75) is 11.9 Å². The number of benzene rings is 3. The van der Waals surface area contributed by atoms with Crippen LogP contribution in [-0.4, -0.2) is 26.3 Å². The van der Waals surface area contributed by atoms with Gasteiger partial charge in [-0.3, -0.25) is 20.2 Å². The lowest BCUT2D eigenvalue weighted by Crippen LogP contribution is -2.50. The predicted molar refractivity (Wildman–Crippen MR) is 138 cm³/mol. The first kappa shape index (κ1) is 21.6. The quantitative estimate of drug-likeness (QED) is 0.448. The number of hydrazone groups is 1. The number of fused-ring (bicyclic) bond motifs is 2. The van der Waals surface area contributed by atoms with E-state index in [0.29, 0.717) is 21.6 Å². The average molecular weight is 499 g/mol. The van der Waals surface area contributed by atoms with Gasteiger partial charge < -0.3 is 0 Å². The maximum Gasteiger partial charge on any atom is 0.276 e. The van der Waals surface area contributed by atoms with Crippen LogP contribution in [-0.2, 0) is 10.5 Å². The van der Waals surface area contributed by atoms with Crippen LogP contribution in [0.2, 0.25) is 5.02 Å². The minimum atomic E-state index is -0.559. The fraction of sp³-hybridized carbons (Fsp3) is 0.0769. The number of carbonyl (C=O) groups excluding carboxylic acids is 1. The Labute approximate surface area is 210 Å². The van der Waals surface area contributed by atoms with Gasteiger partial charge in [0.05, 0.1) is 17.2 Å². The van der Waals surface area contributed by atoms with E-state index in [0.717, 1.165) is 33.0 Å². The van der Waals surface area contributed by atoms with Crippen molar-refractivity contribution in [2.24, 2.45) is 10.1 Å². The number of para-hydroxylation sites is 1. The number of nitrogens with zero attached hydrogens (tertiary/aromatic N) is 4. The number of aromatic nitrogens is 2. The second kappa shape index (κ2) is 9.05. The molecule has 0 saturated carbocycles. The van der Waals surface area contributed by atoms with Crippen LogP contribution in [0.4, 0.5) is 0 Å². The van der Waals surface area contributed by atoms with Gasteiger partial charge in [-0.2, -0.15) is 5.10 Å². The van der Waals surface area contributed by atoms with Gasteiger partial charge in [-0.1, -0.05) is 90.1 Å². The normalized spacial score (nSPS) is 16.7. The fourth-order valence-corrected chi connectivity index (χ4v) is 5.32. The molecule has 1 unspecified atom stereocenters. The van der Waals surface area contributed by atoms with Gasteiger partial charge in [0, 0.05) is 21.6 Å². The zero-order valence-electron chi connectivity index (χ0n) is 18.4. The molecule has 3 aromatic carbocycles. The highest BCUT2D eigenvalue weighted by molar-refractivity contribution is 8.13. The van der Waals surface area contributed by atoms with E-state index >= 15 is 0 Å². The van der Waals surface area contributed by atoms with Crippen LogP contribution in [0.25, 0.3) is 17.0 Å². The van der Waals surface area contributed by atoms with Crippen molar-refractivity contribution >= 4 is 40.1 Å². The Kier molecular flexibility index (Phi) is 5.60. The van der Waals surface area contributed by atoms with Gasteiger partial charge in [0.15, 0.2) is 11.3 Å². The van der Waals surface area contributed by atoms with Gasteiger partial charge in [0.25, 0.3) is 5.91 Å². The lowest BCUT2D eigenvalue weighted by Gasteiger charge is -2.33. The zero-order chi connectivity index (χ0) is 23.8. The monoisotopic (exact) mass is 498 g/mol. The molecular formula is C26H19ClN6OS. The minimum absolute atomic E-state index is 0.223. The third kappa shape index (κ3) is 4.00. The number of thioether (sulfide) groups is 1. The summed E-state index contributed by atoms with van der Waals surface area (Å²) in [6.07, 6.45) is 1.19. The SMILES string of the molecule is O=C1NC(SCc2ccccc2Cl)=NN2C1=c1ccccc1=NC2c1cn[nH]c1-c1ccccc1. The van der Waals surface area contributed by atoms with E-state index in [1.54, 1.807) is 11.2 Å². The first-order chi connectivity index (χ1) is 17.2. The average Bonchev–Trinajstić information content (AvgIpc) is 3.38. The molecule has 35 heavy (non-hydrogen) atoms. The number of halogens is 1. The Morgan fingerprint density at radius 3 is 2.60 bits per heavy atom. The molecule has 9 heteroatoms. The van der Waals surface area contributed by atoms with Crippen molar-refractivity contribution in [1.82, 2.24) is 20.5 Å². The molecule has 0 aliphatic carbocycles. The van der Waals surface area contributed by atoms with E-state index in [1.807, 2.05) is 78.9 Å². The zero-order valence-corrected chi connectivity index (χ0v) is 19.9. The number of H-pyrrole nitrogens is 1. The number of rotatable bonds is 4. The minimum Gasteiger partial charge on any atom is -0.298 e. The summed E-state index contributed by atoms with van der Waals surface area (Å²) in [5.41, 5.74) is 4.08. The molecule has 0 bridgehead atoms. The third-order valence-electron chi connectivity index (χ3n) is 5.85. The molecule has 2 aliphatic rings. The molecule has 2 aliphatic heterocycles. The molecule has 7 nitrogen and oxygen atoms in total. The molecule has 172 valence electrons. The van der Waals surface area contributed by atoms with Crippen LogP contribution in [0.5, 0.6) is 0 Å². The molecule has 0 saturated heterocycles. The topological polar surface area (TPSA) is 85.7 Å². The standard InChI is InChI=1S/C26H19ClN6OS/c27-20-12-6-4-10-17(20)15-35-26-30-25(34)23-18-11-5-7-13-21(18)29-24(33(23)32-26)19-14-28-31-22(19)16-8-2-1-3-9-16/h1-14,24H,15H2,(H,28,31)(H,30,32,34). The molecule has 6 rings (SSSR count). The van der Waals surface area contributed by atoms with Crippen molar-refractivity contribution in [3.05, 3.63) is 112 Å². The van der Waals surface area contributed by atoms with Crippen molar-refractivity contribution in [1.29, 1.82) is 0 Å². The van der Waals surface area contributed by atoms with Crippen LogP contribution >= 0.6 is 23.4 Å². The number of carbonyl (C=O) groups is 1. The summed E-state index contributed by atoms with van der Waals surface area (Å²) >= 11 is 7.74. The Bertz CT molecular complexity index is 1580. The molecule has 0 radical (unpaired) electrons. The number of amidine groups is 1.